The molecule has 2 aliphatic rings. The van der Waals surface area contributed by atoms with E-state index in [0.29, 0.717) is 19.1 Å². The van der Waals surface area contributed by atoms with Crippen molar-refractivity contribution in [3.8, 4) is 0 Å². The number of nitrogens with zero attached hydrogens (tertiary/aromatic N) is 1. The molecule has 1 amide bonds. The van der Waals surface area contributed by atoms with Crippen LogP contribution in [0.15, 0.2) is 0 Å². The van der Waals surface area contributed by atoms with Gasteiger partial charge in [-0.25, -0.2) is 0 Å². The lowest BCUT2D eigenvalue weighted by Gasteiger charge is -2.38. The Morgan fingerprint density at radius 3 is 3.06 bits per heavy atom. The van der Waals surface area contributed by atoms with Gasteiger partial charge in [0, 0.05) is 37.1 Å². The summed E-state index contributed by atoms with van der Waals surface area (Å²) in [4.78, 5) is 14.2. The van der Waals surface area contributed by atoms with Gasteiger partial charge >= 0.3 is 0 Å². The maximum atomic E-state index is 12.2. The molecule has 0 bridgehead atoms. The fraction of sp³-hybridized carbons (Fsp3) is 0.917. The second-order valence-electron chi connectivity index (χ2n) is 4.83. The largest absolute Gasteiger partial charge is 0.375 e. The predicted molar refractivity (Wildman–Crippen MR) is 70.3 cm³/mol. The first-order valence-electron chi connectivity index (χ1n) is 6.40. The molecule has 0 spiro atoms. The molecule has 0 aromatic heterocycles. The molecule has 0 aromatic rings. The number of amides is 1. The minimum atomic E-state index is 0.154. The molecular formula is C12H22N2O2S. The van der Waals surface area contributed by atoms with Crippen LogP contribution in [0.1, 0.15) is 20.3 Å². The minimum Gasteiger partial charge on any atom is -0.375 e. The SMILES string of the molecule is CC1OCCN(C(=O)CC2CSCCN2)C1C. The molecule has 98 valence electrons. The third-order valence-electron chi connectivity index (χ3n) is 3.62. The van der Waals surface area contributed by atoms with E-state index in [-0.39, 0.29) is 18.1 Å². The summed E-state index contributed by atoms with van der Waals surface area (Å²) in [5.41, 5.74) is 0. The number of carbonyl (C=O) groups excluding carboxylic acids is 1. The fourth-order valence-electron chi connectivity index (χ4n) is 2.36. The number of carbonyl (C=O) groups is 1. The van der Waals surface area contributed by atoms with Crippen LogP contribution in [-0.4, -0.2) is 60.2 Å². The standard InChI is InChI=1S/C12H22N2O2S/c1-9-10(2)16-5-4-14(9)12(15)7-11-8-17-6-3-13-11/h9-11,13H,3-8H2,1-2H3. The quantitative estimate of drug-likeness (QED) is 0.792. The first-order valence-corrected chi connectivity index (χ1v) is 7.56. The molecule has 0 radical (unpaired) electrons. The Bertz CT molecular complexity index is 269. The molecule has 1 N–H and O–H groups in total. The number of rotatable bonds is 2. The number of nitrogens with one attached hydrogen (secondary N) is 1. The molecule has 0 aliphatic carbocycles. The van der Waals surface area contributed by atoms with Crippen LogP contribution in [0.5, 0.6) is 0 Å². The zero-order valence-electron chi connectivity index (χ0n) is 10.6. The average molecular weight is 258 g/mol. The molecule has 2 rings (SSSR count). The van der Waals surface area contributed by atoms with Crippen molar-refractivity contribution in [1.29, 1.82) is 0 Å². The van der Waals surface area contributed by atoms with Crippen LogP contribution < -0.4 is 5.32 Å². The van der Waals surface area contributed by atoms with Gasteiger partial charge in [-0.2, -0.15) is 11.8 Å². The van der Waals surface area contributed by atoms with Gasteiger partial charge in [0.1, 0.15) is 0 Å². The van der Waals surface area contributed by atoms with Gasteiger partial charge in [-0.1, -0.05) is 0 Å². The fourth-order valence-corrected chi connectivity index (χ4v) is 3.31. The van der Waals surface area contributed by atoms with Gasteiger partial charge in [-0.15, -0.1) is 0 Å². The van der Waals surface area contributed by atoms with Crippen molar-refractivity contribution in [3.63, 3.8) is 0 Å². The molecule has 4 nitrogen and oxygen atoms in total. The van der Waals surface area contributed by atoms with Crippen molar-refractivity contribution in [2.75, 3.05) is 31.2 Å². The van der Waals surface area contributed by atoms with E-state index in [0.717, 1.165) is 24.6 Å². The molecule has 17 heavy (non-hydrogen) atoms. The molecule has 2 aliphatic heterocycles. The zero-order valence-corrected chi connectivity index (χ0v) is 11.5. The summed E-state index contributed by atoms with van der Waals surface area (Å²) in [6, 6.07) is 0.555. The van der Waals surface area contributed by atoms with Crippen molar-refractivity contribution in [3.05, 3.63) is 0 Å². The monoisotopic (exact) mass is 258 g/mol. The van der Waals surface area contributed by atoms with Gasteiger partial charge in [0.15, 0.2) is 0 Å². The van der Waals surface area contributed by atoms with Gasteiger partial charge in [0.2, 0.25) is 5.91 Å². The number of morpholine rings is 1. The normalized spacial score (nSPS) is 34.7. The van der Waals surface area contributed by atoms with Gasteiger partial charge < -0.3 is 15.0 Å². The van der Waals surface area contributed by atoms with E-state index in [1.165, 1.54) is 0 Å². The van der Waals surface area contributed by atoms with Crippen LogP contribution in [-0.2, 0) is 9.53 Å². The second kappa shape index (κ2) is 6.07. The lowest BCUT2D eigenvalue weighted by Crippen LogP contribution is -2.53. The molecule has 2 fully saturated rings. The maximum Gasteiger partial charge on any atom is 0.224 e. The summed E-state index contributed by atoms with van der Waals surface area (Å²) in [5, 5.41) is 3.42. The molecule has 3 atom stereocenters. The Morgan fingerprint density at radius 2 is 2.35 bits per heavy atom. The highest BCUT2D eigenvalue weighted by Gasteiger charge is 2.30. The van der Waals surface area contributed by atoms with E-state index in [1.54, 1.807) is 0 Å². The van der Waals surface area contributed by atoms with Crippen LogP contribution in [0.25, 0.3) is 0 Å². The first kappa shape index (κ1) is 13.2. The number of hydrogen-bond donors (Lipinski definition) is 1. The molecule has 5 heteroatoms. The van der Waals surface area contributed by atoms with Crippen LogP contribution in [0.2, 0.25) is 0 Å². The summed E-state index contributed by atoms with van der Waals surface area (Å²) in [7, 11) is 0. The smallest absolute Gasteiger partial charge is 0.224 e. The number of thioether (sulfide) groups is 1. The van der Waals surface area contributed by atoms with E-state index in [9.17, 15) is 4.79 Å². The lowest BCUT2D eigenvalue weighted by atomic mass is 10.1. The topological polar surface area (TPSA) is 41.6 Å². The number of ether oxygens (including phenoxy) is 1. The second-order valence-corrected chi connectivity index (χ2v) is 5.98. The molecule has 3 unspecified atom stereocenters. The van der Waals surface area contributed by atoms with Crippen molar-refractivity contribution >= 4 is 17.7 Å². The highest BCUT2D eigenvalue weighted by molar-refractivity contribution is 7.99. The summed E-state index contributed by atoms with van der Waals surface area (Å²) < 4.78 is 5.55. The summed E-state index contributed by atoms with van der Waals surface area (Å²) >= 11 is 1.94. The van der Waals surface area contributed by atoms with Crippen molar-refractivity contribution in [2.24, 2.45) is 0 Å². The van der Waals surface area contributed by atoms with Crippen LogP contribution in [0.3, 0.4) is 0 Å². The molecule has 2 heterocycles. The maximum absolute atomic E-state index is 12.2. The van der Waals surface area contributed by atoms with Gasteiger partial charge in [-0.05, 0) is 13.8 Å². The Balaban J connectivity index is 1.85. The number of hydrogen-bond acceptors (Lipinski definition) is 4. The van der Waals surface area contributed by atoms with E-state index in [1.807, 2.05) is 23.6 Å². The Morgan fingerprint density at radius 1 is 1.53 bits per heavy atom. The van der Waals surface area contributed by atoms with Crippen molar-refractivity contribution in [2.45, 2.75) is 38.5 Å². The summed E-state index contributed by atoms with van der Waals surface area (Å²) in [6.07, 6.45) is 0.783. The molecule has 0 aromatic carbocycles. The van der Waals surface area contributed by atoms with Crippen molar-refractivity contribution in [1.82, 2.24) is 10.2 Å². The predicted octanol–water partition coefficient (Wildman–Crippen LogP) is 0.717. The highest BCUT2D eigenvalue weighted by atomic mass is 32.2. The Hall–Kier alpha value is -0.260. The zero-order chi connectivity index (χ0) is 12.3. The Labute approximate surface area is 107 Å². The van der Waals surface area contributed by atoms with Gasteiger partial charge in [0.05, 0.1) is 18.8 Å². The summed E-state index contributed by atoms with van der Waals surface area (Å²) in [6.45, 7) is 6.55. The van der Waals surface area contributed by atoms with E-state index < -0.39 is 0 Å². The van der Waals surface area contributed by atoms with Crippen LogP contribution >= 0.6 is 11.8 Å². The molecular weight excluding hydrogens is 236 g/mol. The lowest BCUT2D eigenvalue weighted by molar-refractivity contribution is -0.144. The van der Waals surface area contributed by atoms with Crippen molar-refractivity contribution < 1.29 is 9.53 Å². The highest BCUT2D eigenvalue weighted by Crippen LogP contribution is 2.17. The average Bonchev–Trinajstić information content (AvgIpc) is 2.34. The third kappa shape index (κ3) is 3.36. The molecule has 0 saturated carbocycles. The minimum absolute atomic E-state index is 0.154. The molecule has 2 saturated heterocycles. The summed E-state index contributed by atoms with van der Waals surface area (Å²) in [5.74, 6) is 2.49. The van der Waals surface area contributed by atoms with Gasteiger partial charge in [-0.3, -0.25) is 4.79 Å². The van der Waals surface area contributed by atoms with E-state index in [2.05, 4.69) is 12.2 Å². The Kier molecular flexibility index (Phi) is 4.70. The third-order valence-corrected chi connectivity index (χ3v) is 4.75. The van der Waals surface area contributed by atoms with Crippen LogP contribution in [0, 0.1) is 0 Å². The van der Waals surface area contributed by atoms with Gasteiger partial charge in [0.25, 0.3) is 0 Å². The van der Waals surface area contributed by atoms with E-state index >= 15 is 0 Å². The van der Waals surface area contributed by atoms with Crippen LogP contribution in [0.4, 0.5) is 0 Å². The first-order chi connectivity index (χ1) is 8.18. The van der Waals surface area contributed by atoms with E-state index in [4.69, 9.17) is 4.74 Å².